The molecule has 6 rings (SSSR count). The maximum Gasteiger partial charge on any atom is 0.270 e. The lowest BCUT2D eigenvalue weighted by molar-refractivity contribution is 0.435. The first kappa shape index (κ1) is 10.6. The minimum atomic E-state index is 0.00486. The van der Waals surface area contributed by atoms with Crippen LogP contribution in [0.1, 0.15) is 0 Å². The third kappa shape index (κ3) is 1.08. The zero-order valence-corrected chi connectivity index (χ0v) is 11.1. The molecule has 3 aliphatic rings. The zero-order valence-electron chi connectivity index (χ0n) is 11.1. The summed E-state index contributed by atoms with van der Waals surface area (Å²) < 4.78 is 17.8. The summed E-state index contributed by atoms with van der Waals surface area (Å²) in [6, 6.07) is 0. The Balaban J connectivity index is 1.80. The fraction of sp³-hybridized carbons (Fsp3) is 0. The van der Waals surface area contributed by atoms with Crippen LogP contribution in [-0.4, -0.2) is 21.7 Å². The number of rotatable bonds is 0. The highest BCUT2D eigenvalue weighted by Crippen LogP contribution is 2.39. The van der Waals surface area contributed by atoms with E-state index in [2.05, 4.69) is 15.0 Å². The largest absolute Gasteiger partial charge is 0.455 e. The van der Waals surface area contributed by atoms with E-state index in [-0.39, 0.29) is 6.71 Å². The number of pyridine rings is 3. The quantitative estimate of drug-likeness (QED) is 0.383. The van der Waals surface area contributed by atoms with Crippen LogP contribution in [0.15, 0.2) is 37.2 Å². The van der Waals surface area contributed by atoms with E-state index < -0.39 is 0 Å². The number of hydrogen-bond donors (Lipinski definition) is 0. The van der Waals surface area contributed by atoms with Crippen molar-refractivity contribution in [1.29, 1.82) is 0 Å². The first-order chi connectivity index (χ1) is 10.9. The van der Waals surface area contributed by atoms with Crippen molar-refractivity contribution in [3.05, 3.63) is 37.2 Å². The first-order valence-corrected chi connectivity index (χ1v) is 6.87. The van der Waals surface area contributed by atoms with Crippen LogP contribution in [0.2, 0.25) is 0 Å². The van der Waals surface area contributed by atoms with Crippen LogP contribution in [0.25, 0.3) is 0 Å². The number of hydrogen-bond acceptors (Lipinski definition) is 6. The van der Waals surface area contributed by atoms with E-state index in [0.29, 0.717) is 34.5 Å². The molecule has 0 unspecified atom stereocenters. The summed E-state index contributed by atoms with van der Waals surface area (Å²) in [5, 5.41) is 0. The lowest BCUT2D eigenvalue weighted by Gasteiger charge is -2.36. The molecule has 0 amide bonds. The molecule has 0 N–H and O–H groups in total. The van der Waals surface area contributed by atoms with Crippen LogP contribution in [-0.2, 0) is 0 Å². The first-order valence-electron chi connectivity index (χ1n) is 6.87. The van der Waals surface area contributed by atoms with Gasteiger partial charge < -0.3 is 14.2 Å². The Bertz CT molecular complexity index is 804. The van der Waals surface area contributed by atoms with Crippen LogP contribution >= 0.6 is 0 Å². The van der Waals surface area contributed by atoms with Gasteiger partial charge in [-0.2, -0.15) is 0 Å². The fourth-order valence-corrected chi connectivity index (χ4v) is 3.43. The minimum Gasteiger partial charge on any atom is -0.455 e. The molecule has 0 aromatic carbocycles. The van der Waals surface area contributed by atoms with E-state index in [1.165, 1.54) is 0 Å². The Morgan fingerprint density at radius 3 is 1.05 bits per heavy atom. The van der Waals surface area contributed by atoms with Gasteiger partial charge in [0.15, 0.2) is 0 Å². The molecule has 3 aromatic rings. The van der Waals surface area contributed by atoms with Gasteiger partial charge in [0.1, 0.15) is 34.5 Å². The highest BCUT2D eigenvalue weighted by atomic mass is 16.5. The van der Waals surface area contributed by atoms with Gasteiger partial charge in [0.2, 0.25) is 0 Å². The van der Waals surface area contributed by atoms with Gasteiger partial charge in [-0.05, 0) is 0 Å². The van der Waals surface area contributed by atoms with Crippen LogP contribution < -0.4 is 30.6 Å². The molecule has 22 heavy (non-hydrogen) atoms. The molecule has 7 heteroatoms. The van der Waals surface area contributed by atoms with Crippen LogP contribution in [0, 0.1) is 0 Å². The summed E-state index contributed by atoms with van der Waals surface area (Å²) >= 11 is 0. The summed E-state index contributed by atoms with van der Waals surface area (Å²) in [6.45, 7) is 0.00486. The standard InChI is InChI=1S/C15H6BN3O3/c1-7-13-8(2-17-1)21-11-5-19-6-12-15(11)16(13)14-9(20-7)3-18-4-10(14)22-12/h1-6H. The van der Waals surface area contributed by atoms with Crippen molar-refractivity contribution in [2.24, 2.45) is 0 Å². The van der Waals surface area contributed by atoms with Crippen molar-refractivity contribution in [3.8, 4) is 34.5 Å². The predicted octanol–water partition coefficient (Wildman–Crippen LogP) is 0.705. The number of ether oxygens (including phenoxy) is 3. The van der Waals surface area contributed by atoms with Gasteiger partial charge in [0.25, 0.3) is 6.71 Å². The smallest absolute Gasteiger partial charge is 0.270 e. The van der Waals surface area contributed by atoms with E-state index in [1.807, 2.05) is 0 Å². The Morgan fingerprint density at radius 1 is 0.500 bits per heavy atom. The Hall–Kier alpha value is -3.09. The zero-order chi connectivity index (χ0) is 14.3. The van der Waals surface area contributed by atoms with E-state index in [4.69, 9.17) is 14.2 Å². The summed E-state index contributed by atoms with van der Waals surface area (Å²) in [5.74, 6) is 4.19. The lowest BCUT2D eigenvalue weighted by atomic mass is 9.34. The van der Waals surface area contributed by atoms with Crippen molar-refractivity contribution in [2.75, 3.05) is 0 Å². The maximum atomic E-state index is 5.95. The van der Waals surface area contributed by atoms with Crippen LogP contribution in [0.3, 0.4) is 0 Å². The Labute approximate surface area is 124 Å². The second-order valence-corrected chi connectivity index (χ2v) is 5.39. The van der Waals surface area contributed by atoms with Gasteiger partial charge in [0, 0.05) is 16.4 Å². The Morgan fingerprint density at radius 2 is 0.773 bits per heavy atom. The van der Waals surface area contributed by atoms with Gasteiger partial charge in [-0.25, -0.2) is 0 Å². The van der Waals surface area contributed by atoms with Crippen molar-refractivity contribution >= 4 is 23.1 Å². The second kappa shape index (κ2) is 3.38. The monoisotopic (exact) mass is 287 g/mol. The molecule has 3 aliphatic heterocycles. The van der Waals surface area contributed by atoms with Gasteiger partial charge in [0.05, 0.1) is 37.2 Å². The molecule has 0 fully saturated rings. The van der Waals surface area contributed by atoms with E-state index >= 15 is 0 Å². The molecule has 0 saturated heterocycles. The molecule has 102 valence electrons. The second-order valence-electron chi connectivity index (χ2n) is 5.39. The third-order valence-corrected chi connectivity index (χ3v) is 4.27. The Kier molecular flexibility index (Phi) is 1.63. The minimum absolute atomic E-state index is 0.00486. The van der Waals surface area contributed by atoms with Gasteiger partial charge in [-0.15, -0.1) is 0 Å². The molecule has 3 aromatic heterocycles. The third-order valence-electron chi connectivity index (χ3n) is 4.27. The van der Waals surface area contributed by atoms with Crippen molar-refractivity contribution < 1.29 is 14.2 Å². The average Bonchev–Trinajstić information content (AvgIpc) is 2.55. The molecule has 6 heterocycles. The molecule has 0 saturated carbocycles. The highest BCUT2D eigenvalue weighted by Gasteiger charge is 2.46. The maximum absolute atomic E-state index is 5.95. The molecule has 0 spiro atoms. The van der Waals surface area contributed by atoms with Crippen LogP contribution in [0.5, 0.6) is 34.5 Å². The summed E-state index contributed by atoms with van der Waals surface area (Å²) in [4.78, 5) is 12.6. The van der Waals surface area contributed by atoms with Gasteiger partial charge >= 0.3 is 0 Å². The van der Waals surface area contributed by atoms with E-state index in [0.717, 1.165) is 16.4 Å². The summed E-state index contributed by atoms with van der Waals surface area (Å²) in [6.07, 6.45) is 10.2. The average molecular weight is 287 g/mol. The SMILES string of the molecule is c1ncc2c3c1Oc1cncc4c1B3c1c(cncc1O4)O2. The molecular formula is C15H6BN3O3. The number of aromatic nitrogens is 3. The molecule has 0 aliphatic carbocycles. The van der Waals surface area contributed by atoms with Crippen molar-refractivity contribution in [1.82, 2.24) is 15.0 Å². The molecule has 0 bridgehead atoms. The predicted molar refractivity (Wildman–Crippen MR) is 77.6 cm³/mol. The molecular weight excluding hydrogens is 281 g/mol. The highest BCUT2D eigenvalue weighted by molar-refractivity contribution is 6.99. The van der Waals surface area contributed by atoms with Gasteiger partial charge in [-0.1, -0.05) is 0 Å². The summed E-state index contributed by atoms with van der Waals surface area (Å²) in [5.41, 5.74) is 2.95. The van der Waals surface area contributed by atoms with Crippen molar-refractivity contribution in [2.45, 2.75) is 0 Å². The fourth-order valence-electron chi connectivity index (χ4n) is 3.43. The summed E-state index contributed by atoms with van der Waals surface area (Å²) in [7, 11) is 0. The molecule has 0 radical (unpaired) electrons. The molecule has 6 nitrogen and oxygen atoms in total. The van der Waals surface area contributed by atoms with Crippen LogP contribution in [0.4, 0.5) is 0 Å². The van der Waals surface area contributed by atoms with E-state index in [9.17, 15) is 0 Å². The van der Waals surface area contributed by atoms with E-state index in [1.54, 1.807) is 37.2 Å². The molecule has 0 atom stereocenters. The van der Waals surface area contributed by atoms with Crippen molar-refractivity contribution in [3.63, 3.8) is 0 Å². The normalized spacial score (nSPS) is 14.5. The number of nitrogens with zero attached hydrogens (tertiary/aromatic N) is 3. The lowest BCUT2D eigenvalue weighted by Crippen LogP contribution is -2.59. The topological polar surface area (TPSA) is 66.4 Å². The van der Waals surface area contributed by atoms with Gasteiger partial charge in [-0.3, -0.25) is 15.0 Å².